The van der Waals surface area contributed by atoms with Gasteiger partial charge in [-0.2, -0.15) is 0 Å². The van der Waals surface area contributed by atoms with E-state index in [1.165, 1.54) is 10.8 Å². The summed E-state index contributed by atoms with van der Waals surface area (Å²) >= 11 is 0. The van der Waals surface area contributed by atoms with E-state index in [4.69, 9.17) is 4.74 Å². The van der Waals surface area contributed by atoms with Crippen molar-refractivity contribution in [2.24, 2.45) is 0 Å². The van der Waals surface area contributed by atoms with Gasteiger partial charge in [-0.05, 0) is 44.0 Å². The SMILES string of the molecule is CCOC(=O)C[C@H](c1ccccc1)n1c(=O)c2cnccc2n(C(C)c2c[nH]c3cccc(C)c23)c1=O. The number of ether oxygens (including phenoxy) is 1. The number of pyridine rings is 1. The fourth-order valence-corrected chi connectivity index (χ4v) is 5.13. The van der Waals surface area contributed by atoms with Gasteiger partial charge in [-0.1, -0.05) is 42.5 Å². The summed E-state index contributed by atoms with van der Waals surface area (Å²) in [7, 11) is 0. The fraction of sp³-hybridized carbons (Fsp3) is 0.241. The third-order valence-corrected chi connectivity index (χ3v) is 6.86. The molecule has 0 spiro atoms. The molecule has 8 nitrogen and oxygen atoms in total. The molecule has 1 unspecified atom stereocenters. The molecule has 2 atom stereocenters. The maximum absolute atomic E-state index is 14.3. The molecule has 5 aromatic rings. The normalized spacial score (nSPS) is 13.1. The number of rotatable bonds is 7. The summed E-state index contributed by atoms with van der Waals surface area (Å²) in [5.41, 5.74) is 3.14. The number of aromatic amines is 1. The first-order valence-corrected chi connectivity index (χ1v) is 12.3. The fourth-order valence-electron chi connectivity index (χ4n) is 5.13. The maximum atomic E-state index is 14.3. The molecule has 0 fully saturated rings. The molecule has 0 amide bonds. The summed E-state index contributed by atoms with van der Waals surface area (Å²) < 4.78 is 8.00. The van der Waals surface area contributed by atoms with E-state index >= 15 is 0 Å². The summed E-state index contributed by atoms with van der Waals surface area (Å²) in [6.45, 7) is 5.90. The molecule has 0 saturated heterocycles. The number of nitrogens with one attached hydrogen (secondary N) is 1. The van der Waals surface area contributed by atoms with Crippen molar-refractivity contribution in [2.75, 3.05) is 6.61 Å². The Morgan fingerprint density at radius 3 is 2.59 bits per heavy atom. The minimum absolute atomic E-state index is 0.153. The lowest BCUT2D eigenvalue weighted by atomic mass is 10.0. The number of esters is 1. The van der Waals surface area contributed by atoms with E-state index in [0.29, 0.717) is 16.5 Å². The van der Waals surface area contributed by atoms with Gasteiger partial charge in [-0.15, -0.1) is 0 Å². The van der Waals surface area contributed by atoms with Crippen molar-refractivity contribution < 1.29 is 9.53 Å². The zero-order chi connectivity index (χ0) is 26.1. The number of benzene rings is 2. The number of carbonyl (C=O) groups is 1. The molecular formula is C29H28N4O4. The van der Waals surface area contributed by atoms with Gasteiger partial charge in [-0.25, -0.2) is 4.79 Å². The lowest BCUT2D eigenvalue weighted by Gasteiger charge is -2.24. The highest BCUT2D eigenvalue weighted by Crippen LogP contribution is 2.30. The molecular weight excluding hydrogens is 468 g/mol. The molecule has 0 aliphatic rings. The van der Waals surface area contributed by atoms with Gasteiger partial charge in [-0.3, -0.25) is 23.7 Å². The third-order valence-electron chi connectivity index (χ3n) is 6.86. The summed E-state index contributed by atoms with van der Waals surface area (Å²) in [4.78, 5) is 48.1. The molecule has 2 aromatic carbocycles. The monoisotopic (exact) mass is 496 g/mol. The molecule has 37 heavy (non-hydrogen) atoms. The van der Waals surface area contributed by atoms with Crippen LogP contribution in [0.5, 0.6) is 0 Å². The van der Waals surface area contributed by atoms with E-state index in [1.807, 2.05) is 56.4 Å². The third kappa shape index (κ3) is 4.24. The quantitative estimate of drug-likeness (QED) is 0.335. The van der Waals surface area contributed by atoms with Crippen LogP contribution in [0.3, 0.4) is 0 Å². The van der Waals surface area contributed by atoms with Gasteiger partial charge >= 0.3 is 11.7 Å². The summed E-state index contributed by atoms with van der Waals surface area (Å²) in [6, 6.07) is 15.5. The molecule has 5 rings (SSSR count). The van der Waals surface area contributed by atoms with Crippen molar-refractivity contribution in [3.05, 3.63) is 111 Å². The summed E-state index contributed by atoms with van der Waals surface area (Å²) in [5.74, 6) is -0.485. The Morgan fingerprint density at radius 1 is 1.05 bits per heavy atom. The summed E-state index contributed by atoms with van der Waals surface area (Å²) in [6.07, 6.45) is 4.80. The number of aryl methyl sites for hydroxylation is 1. The van der Waals surface area contributed by atoms with Gasteiger partial charge in [0.1, 0.15) is 0 Å². The van der Waals surface area contributed by atoms with Crippen molar-refractivity contribution in [2.45, 2.75) is 39.3 Å². The Morgan fingerprint density at radius 2 is 1.84 bits per heavy atom. The highest BCUT2D eigenvalue weighted by molar-refractivity contribution is 5.87. The van der Waals surface area contributed by atoms with E-state index in [2.05, 4.69) is 9.97 Å². The van der Waals surface area contributed by atoms with E-state index < -0.39 is 29.3 Å². The highest BCUT2D eigenvalue weighted by atomic mass is 16.5. The van der Waals surface area contributed by atoms with Gasteiger partial charge in [0.2, 0.25) is 0 Å². The van der Waals surface area contributed by atoms with Crippen LogP contribution in [-0.2, 0) is 9.53 Å². The molecule has 0 aliphatic carbocycles. The molecule has 0 bridgehead atoms. The van der Waals surface area contributed by atoms with Crippen molar-refractivity contribution in [3.63, 3.8) is 0 Å². The second-order valence-corrected chi connectivity index (χ2v) is 9.07. The number of fused-ring (bicyclic) bond motifs is 2. The Balaban J connectivity index is 1.80. The standard InChI is InChI=1S/C29H28N4O4/c1-4-37-26(34)15-25(20-10-6-5-7-11-20)33-28(35)22-16-30-14-13-24(22)32(29(33)36)19(3)21-17-31-23-12-8-9-18(2)27(21)23/h5-14,16-17,19,25,31H,4,15H2,1-3H3/t19?,25-/m1/s1. The molecule has 188 valence electrons. The average Bonchev–Trinajstić information content (AvgIpc) is 3.34. The molecule has 0 saturated carbocycles. The van der Waals surface area contributed by atoms with Crippen LogP contribution in [0.25, 0.3) is 21.8 Å². The van der Waals surface area contributed by atoms with Gasteiger partial charge in [0.05, 0.1) is 36.0 Å². The van der Waals surface area contributed by atoms with Gasteiger partial charge < -0.3 is 9.72 Å². The number of carbonyl (C=O) groups excluding carboxylic acids is 1. The Bertz CT molecular complexity index is 1720. The zero-order valence-electron chi connectivity index (χ0n) is 21.0. The second-order valence-electron chi connectivity index (χ2n) is 9.07. The Kier molecular flexibility index (Phi) is 6.48. The predicted molar refractivity (Wildman–Crippen MR) is 143 cm³/mol. The molecule has 8 heteroatoms. The number of aromatic nitrogens is 4. The maximum Gasteiger partial charge on any atom is 0.332 e. The van der Waals surface area contributed by atoms with E-state index in [9.17, 15) is 14.4 Å². The first kappa shape index (κ1) is 24.2. The van der Waals surface area contributed by atoms with Crippen LogP contribution >= 0.6 is 0 Å². The minimum atomic E-state index is -0.840. The van der Waals surface area contributed by atoms with Crippen molar-refractivity contribution in [1.82, 2.24) is 19.1 Å². The van der Waals surface area contributed by atoms with Gasteiger partial charge in [0.15, 0.2) is 0 Å². The van der Waals surface area contributed by atoms with Crippen LogP contribution in [0.1, 0.15) is 49.0 Å². The molecule has 3 aromatic heterocycles. The van der Waals surface area contributed by atoms with Crippen LogP contribution in [0.2, 0.25) is 0 Å². The number of hydrogen-bond donors (Lipinski definition) is 1. The predicted octanol–water partition coefficient (Wildman–Crippen LogP) is 4.50. The van der Waals surface area contributed by atoms with Crippen LogP contribution in [0.15, 0.2) is 82.8 Å². The van der Waals surface area contributed by atoms with Crippen molar-refractivity contribution in [1.29, 1.82) is 0 Å². The molecule has 3 heterocycles. The smallest absolute Gasteiger partial charge is 0.332 e. The van der Waals surface area contributed by atoms with Crippen LogP contribution in [-0.4, -0.2) is 31.7 Å². The average molecular weight is 497 g/mol. The minimum Gasteiger partial charge on any atom is -0.466 e. The zero-order valence-corrected chi connectivity index (χ0v) is 21.0. The molecule has 1 N–H and O–H groups in total. The first-order chi connectivity index (χ1) is 17.9. The van der Waals surface area contributed by atoms with Crippen LogP contribution in [0.4, 0.5) is 0 Å². The van der Waals surface area contributed by atoms with Crippen molar-refractivity contribution in [3.8, 4) is 0 Å². The lowest BCUT2D eigenvalue weighted by molar-refractivity contribution is -0.143. The van der Waals surface area contributed by atoms with Crippen LogP contribution < -0.4 is 11.2 Å². The van der Waals surface area contributed by atoms with E-state index in [0.717, 1.165) is 22.0 Å². The number of hydrogen-bond acceptors (Lipinski definition) is 5. The Hall–Kier alpha value is -4.46. The number of H-pyrrole nitrogens is 1. The van der Waals surface area contributed by atoms with E-state index in [-0.39, 0.29) is 13.0 Å². The second kappa shape index (κ2) is 9.89. The van der Waals surface area contributed by atoms with E-state index in [1.54, 1.807) is 35.9 Å². The topological polar surface area (TPSA) is 99.0 Å². The lowest BCUT2D eigenvalue weighted by Crippen LogP contribution is -2.44. The van der Waals surface area contributed by atoms with Crippen LogP contribution in [0, 0.1) is 6.92 Å². The molecule has 0 aliphatic heterocycles. The number of nitrogens with zero attached hydrogens (tertiary/aromatic N) is 3. The van der Waals surface area contributed by atoms with Gasteiger partial charge in [0, 0.05) is 35.1 Å². The first-order valence-electron chi connectivity index (χ1n) is 12.3. The van der Waals surface area contributed by atoms with Crippen molar-refractivity contribution >= 4 is 27.8 Å². The summed E-state index contributed by atoms with van der Waals surface area (Å²) in [5, 5.41) is 1.34. The Labute approximate surface area is 213 Å². The molecule has 0 radical (unpaired) electrons. The largest absolute Gasteiger partial charge is 0.466 e. The van der Waals surface area contributed by atoms with Gasteiger partial charge in [0.25, 0.3) is 5.56 Å². The highest BCUT2D eigenvalue weighted by Gasteiger charge is 2.27.